The lowest BCUT2D eigenvalue weighted by molar-refractivity contribution is 0.631. The zero-order valence-corrected chi connectivity index (χ0v) is 9.75. The molecule has 0 spiro atoms. The van der Waals surface area contributed by atoms with Crippen LogP contribution in [0.4, 0.5) is 10.1 Å². The van der Waals surface area contributed by atoms with Crippen molar-refractivity contribution in [2.45, 2.75) is 30.4 Å². The van der Waals surface area contributed by atoms with Crippen LogP contribution < -0.4 is 5.73 Å². The molecule has 78 valence electrons. The lowest BCUT2D eigenvalue weighted by atomic mass is 10.3. The maximum atomic E-state index is 13.0. The van der Waals surface area contributed by atoms with Crippen molar-refractivity contribution < 1.29 is 4.39 Å². The second-order valence-corrected chi connectivity index (χ2v) is 5.03. The molecule has 0 aromatic heterocycles. The van der Waals surface area contributed by atoms with E-state index in [2.05, 4.69) is 13.8 Å². The van der Waals surface area contributed by atoms with Crippen molar-refractivity contribution >= 4 is 29.1 Å². The molecule has 0 heterocycles. The molecule has 0 amide bonds. The SMILES string of the molecule is CCC(C)Sc1cc(N)c(F)cc1Cl. The monoisotopic (exact) mass is 233 g/mol. The maximum absolute atomic E-state index is 13.0. The molecule has 0 aliphatic rings. The van der Waals surface area contributed by atoms with Gasteiger partial charge in [0.15, 0.2) is 0 Å². The van der Waals surface area contributed by atoms with E-state index < -0.39 is 5.82 Å². The van der Waals surface area contributed by atoms with Crippen molar-refractivity contribution in [3.63, 3.8) is 0 Å². The Morgan fingerprint density at radius 1 is 1.57 bits per heavy atom. The van der Waals surface area contributed by atoms with Gasteiger partial charge in [-0.15, -0.1) is 11.8 Å². The van der Waals surface area contributed by atoms with Crippen LogP contribution in [0.2, 0.25) is 5.02 Å². The first-order valence-electron chi connectivity index (χ1n) is 4.45. The van der Waals surface area contributed by atoms with E-state index in [1.165, 1.54) is 6.07 Å². The predicted molar refractivity (Wildman–Crippen MR) is 61.4 cm³/mol. The van der Waals surface area contributed by atoms with Crippen LogP contribution >= 0.6 is 23.4 Å². The van der Waals surface area contributed by atoms with Crippen LogP contribution in [0.25, 0.3) is 0 Å². The summed E-state index contributed by atoms with van der Waals surface area (Å²) in [6, 6.07) is 2.86. The second-order valence-electron chi connectivity index (χ2n) is 3.14. The summed E-state index contributed by atoms with van der Waals surface area (Å²) in [6.07, 6.45) is 1.04. The van der Waals surface area contributed by atoms with E-state index in [0.29, 0.717) is 10.3 Å². The molecule has 0 bridgehead atoms. The molecule has 1 rings (SSSR count). The number of hydrogen-bond donors (Lipinski definition) is 1. The molecule has 14 heavy (non-hydrogen) atoms. The number of nitrogen functional groups attached to an aromatic ring is 1. The summed E-state index contributed by atoms with van der Waals surface area (Å²) in [4.78, 5) is 0.847. The highest BCUT2D eigenvalue weighted by atomic mass is 35.5. The Hall–Kier alpha value is -0.410. The van der Waals surface area contributed by atoms with Crippen LogP contribution in [-0.4, -0.2) is 5.25 Å². The van der Waals surface area contributed by atoms with Gasteiger partial charge in [0.05, 0.1) is 10.7 Å². The standard InChI is InChI=1S/C10H13ClFNS/c1-3-6(2)14-10-5-9(13)8(12)4-7(10)11/h4-6H,3,13H2,1-2H3. The van der Waals surface area contributed by atoms with Crippen LogP contribution in [-0.2, 0) is 0 Å². The van der Waals surface area contributed by atoms with Gasteiger partial charge in [0.25, 0.3) is 0 Å². The first-order valence-corrected chi connectivity index (χ1v) is 5.71. The van der Waals surface area contributed by atoms with Crippen LogP contribution in [0, 0.1) is 5.82 Å². The Kier molecular flexibility index (Phi) is 4.08. The Labute approximate surface area is 92.8 Å². The summed E-state index contributed by atoms with van der Waals surface area (Å²) in [5, 5.41) is 0.888. The molecule has 0 fully saturated rings. The van der Waals surface area contributed by atoms with Gasteiger partial charge in [0.2, 0.25) is 0 Å². The molecule has 1 atom stereocenters. The summed E-state index contributed by atoms with van der Waals surface area (Å²) in [6.45, 7) is 4.19. The lowest BCUT2D eigenvalue weighted by Gasteiger charge is -2.10. The molecule has 0 radical (unpaired) electrons. The van der Waals surface area contributed by atoms with Crippen LogP contribution in [0.15, 0.2) is 17.0 Å². The van der Waals surface area contributed by atoms with E-state index in [4.69, 9.17) is 17.3 Å². The van der Waals surface area contributed by atoms with Gasteiger partial charge in [0, 0.05) is 10.1 Å². The van der Waals surface area contributed by atoms with E-state index in [0.717, 1.165) is 11.3 Å². The van der Waals surface area contributed by atoms with Crippen LogP contribution in [0.5, 0.6) is 0 Å². The van der Waals surface area contributed by atoms with E-state index in [1.54, 1.807) is 17.8 Å². The molecule has 0 saturated carbocycles. The first-order chi connectivity index (χ1) is 6.54. The molecule has 1 aromatic rings. The summed E-state index contributed by atoms with van der Waals surface area (Å²) in [5.74, 6) is -0.455. The smallest absolute Gasteiger partial charge is 0.147 e. The maximum Gasteiger partial charge on any atom is 0.147 e. The topological polar surface area (TPSA) is 26.0 Å². The van der Waals surface area contributed by atoms with E-state index in [9.17, 15) is 4.39 Å². The zero-order valence-electron chi connectivity index (χ0n) is 8.18. The first kappa shape index (κ1) is 11.7. The molecule has 0 saturated heterocycles. The fraction of sp³-hybridized carbons (Fsp3) is 0.400. The van der Waals surface area contributed by atoms with Crippen molar-refractivity contribution in [2.75, 3.05) is 5.73 Å². The van der Waals surface area contributed by atoms with Crippen molar-refractivity contribution in [3.8, 4) is 0 Å². The average molecular weight is 234 g/mol. The van der Waals surface area contributed by atoms with Gasteiger partial charge in [-0.2, -0.15) is 0 Å². The normalized spacial score (nSPS) is 12.9. The Bertz CT molecular complexity index is 330. The highest BCUT2D eigenvalue weighted by molar-refractivity contribution is 8.00. The number of rotatable bonds is 3. The highest BCUT2D eigenvalue weighted by Crippen LogP contribution is 2.34. The van der Waals surface area contributed by atoms with Crippen molar-refractivity contribution in [3.05, 3.63) is 23.0 Å². The summed E-state index contributed by atoms with van der Waals surface area (Å²) in [5.41, 5.74) is 5.61. The Morgan fingerprint density at radius 2 is 2.21 bits per heavy atom. The van der Waals surface area contributed by atoms with Gasteiger partial charge in [0.1, 0.15) is 5.82 Å². The third kappa shape index (κ3) is 2.79. The molecule has 4 heteroatoms. The molecule has 1 aromatic carbocycles. The third-order valence-corrected chi connectivity index (χ3v) is 3.71. The van der Waals surface area contributed by atoms with Crippen molar-refractivity contribution in [1.29, 1.82) is 0 Å². The average Bonchev–Trinajstić information content (AvgIpc) is 2.14. The van der Waals surface area contributed by atoms with Crippen LogP contribution in [0.3, 0.4) is 0 Å². The summed E-state index contributed by atoms with van der Waals surface area (Å²) in [7, 11) is 0. The minimum atomic E-state index is -0.455. The van der Waals surface area contributed by atoms with Crippen LogP contribution in [0.1, 0.15) is 20.3 Å². The second kappa shape index (κ2) is 4.89. The molecule has 0 aliphatic carbocycles. The minimum absolute atomic E-state index is 0.153. The third-order valence-electron chi connectivity index (χ3n) is 1.95. The summed E-state index contributed by atoms with van der Waals surface area (Å²) < 4.78 is 13.0. The fourth-order valence-electron chi connectivity index (χ4n) is 0.935. The van der Waals surface area contributed by atoms with Crippen molar-refractivity contribution in [2.24, 2.45) is 0 Å². The largest absolute Gasteiger partial charge is 0.396 e. The molecular weight excluding hydrogens is 221 g/mol. The molecule has 1 nitrogen and oxygen atoms in total. The number of thioether (sulfide) groups is 1. The van der Waals surface area contributed by atoms with Gasteiger partial charge in [-0.3, -0.25) is 0 Å². The number of benzene rings is 1. The zero-order chi connectivity index (χ0) is 10.7. The van der Waals surface area contributed by atoms with Gasteiger partial charge in [-0.25, -0.2) is 4.39 Å². The Balaban J connectivity index is 2.92. The lowest BCUT2D eigenvalue weighted by Crippen LogP contribution is -1.95. The highest BCUT2D eigenvalue weighted by Gasteiger charge is 2.09. The van der Waals surface area contributed by atoms with E-state index in [-0.39, 0.29) is 5.69 Å². The van der Waals surface area contributed by atoms with Gasteiger partial charge in [-0.05, 0) is 18.6 Å². The van der Waals surface area contributed by atoms with E-state index >= 15 is 0 Å². The number of halogens is 2. The Morgan fingerprint density at radius 3 is 2.79 bits per heavy atom. The predicted octanol–water partition coefficient (Wildman–Crippen LogP) is 3.95. The summed E-state index contributed by atoms with van der Waals surface area (Å²) >= 11 is 7.50. The number of nitrogens with two attached hydrogens (primary N) is 1. The van der Waals surface area contributed by atoms with Gasteiger partial charge in [-0.1, -0.05) is 25.4 Å². The number of hydrogen-bond acceptors (Lipinski definition) is 2. The minimum Gasteiger partial charge on any atom is -0.396 e. The molecule has 2 N–H and O–H groups in total. The van der Waals surface area contributed by atoms with Gasteiger partial charge >= 0.3 is 0 Å². The molecular formula is C10H13ClFNS. The number of anilines is 1. The molecule has 0 aliphatic heterocycles. The van der Waals surface area contributed by atoms with Crippen molar-refractivity contribution in [1.82, 2.24) is 0 Å². The molecule has 1 unspecified atom stereocenters. The quantitative estimate of drug-likeness (QED) is 0.632. The van der Waals surface area contributed by atoms with Gasteiger partial charge < -0.3 is 5.73 Å². The fourth-order valence-corrected chi connectivity index (χ4v) is 2.19. The van der Waals surface area contributed by atoms with E-state index in [1.807, 2.05) is 0 Å².